The number of nitrogens with two attached hydrogens (primary N) is 1. The van der Waals surface area contributed by atoms with Crippen molar-refractivity contribution in [3.63, 3.8) is 0 Å². The molecule has 0 radical (unpaired) electrons. The number of rotatable bonds is 4. The van der Waals surface area contributed by atoms with Gasteiger partial charge >= 0.3 is 0 Å². The lowest BCUT2D eigenvalue weighted by atomic mass is 10.3. The Hall–Kier alpha value is -2.00. The van der Waals surface area contributed by atoms with Crippen molar-refractivity contribution in [1.29, 1.82) is 0 Å². The molecule has 0 atom stereocenters. The summed E-state index contributed by atoms with van der Waals surface area (Å²) in [5, 5.41) is 3.43. The molecule has 0 bridgehead atoms. The number of nitrogens with zero attached hydrogens (tertiary/aromatic N) is 2. The van der Waals surface area contributed by atoms with E-state index in [4.69, 9.17) is 5.73 Å². The maximum atomic E-state index is 13.0. The first kappa shape index (κ1) is 12.5. The van der Waals surface area contributed by atoms with Gasteiger partial charge in [0.25, 0.3) is 0 Å². The molecule has 1 aromatic carbocycles. The third-order valence-electron chi connectivity index (χ3n) is 2.09. The molecule has 0 amide bonds. The number of nitrogens with one attached hydrogen (secondary N) is 1. The monoisotopic (exact) mass is 272 g/mol. The number of halogens is 1. The fourth-order valence-electron chi connectivity index (χ4n) is 1.25. The zero-order valence-electron chi connectivity index (χ0n) is 9.00. The van der Waals surface area contributed by atoms with Gasteiger partial charge in [0.15, 0.2) is 5.82 Å². The van der Waals surface area contributed by atoms with Crippen molar-refractivity contribution in [1.82, 2.24) is 14.9 Å². The van der Waals surface area contributed by atoms with Crippen LogP contribution in [-0.2, 0) is 16.6 Å². The van der Waals surface area contributed by atoms with Crippen LogP contribution in [0.15, 0.2) is 34.0 Å². The van der Waals surface area contributed by atoms with Crippen molar-refractivity contribution in [3.05, 3.63) is 36.2 Å². The number of nitrogen functional groups attached to an aromatic ring is 1. The van der Waals surface area contributed by atoms with Gasteiger partial charge in [-0.3, -0.25) is 0 Å². The Labute approximate surface area is 102 Å². The molecule has 0 aliphatic carbocycles. The largest absolute Gasteiger partial charge is 0.398 e. The van der Waals surface area contributed by atoms with Crippen molar-refractivity contribution in [2.24, 2.45) is 0 Å². The van der Waals surface area contributed by atoms with Gasteiger partial charge in [-0.25, -0.2) is 17.5 Å². The van der Waals surface area contributed by atoms with Crippen molar-refractivity contribution >= 4 is 15.7 Å². The second-order valence-electron chi connectivity index (χ2n) is 3.35. The summed E-state index contributed by atoms with van der Waals surface area (Å²) < 4.78 is 43.4. The van der Waals surface area contributed by atoms with Crippen LogP contribution in [0, 0.1) is 5.82 Å². The number of hydrogen-bond acceptors (Lipinski definition) is 6. The van der Waals surface area contributed by atoms with Gasteiger partial charge in [-0.15, -0.1) is 0 Å². The van der Waals surface area contributed by atoms with Gasteiger partial charge in [-0.2, -0.15) is 4.98 Å². The first-order valence-electron chi connectivity index (χ1n) is 4.79. The smallest absolute Gasteiger partial charge is 0.243 e. The maximum Gasteiger partial charge on any atom is 0.243 e. The van der Waals surface area contributed by atoms with E-state index >= 15 is 0 Å². The summed E-state index contributed by atoms with van der Waals surface area (Å²) in [7, 11) is -3.93. The quantitative estimate of drug-likeness (QED) is 0.773. The van der Waals surface area contributed by atoms with Gasteiger partial charge < -0.3 is 10.3 Å². The Morgan fingerprint density at radius 3 is 2.89 bits per heavy atom. The molecule has 3 N–H and O–H groups in total. The first-order chi connectivity index (χ1) is 8.49. The zero-order chi connectivity index (χ0) is 13.2. The summed E-state index contributed by atoms with van der Waals surface area (Å²) in [5.41, 5.74) is 5.44. The second kappa shape index (κ2) is 4.70. The lowest BCUT2D eigenvalue weighted by molar-refractivity contribution is 0.409. The van der Waals surface area contributed by atoms with E-state index in [1.165, 1.54) is 6.07 Å². The van der Waals surface area contributed by atoms with E-state index in [9.17, 15) is 12.8 Å². The molecular weight excluding hydrogens is 263 g/mol. The van der Waals surface area contributed by atoms with Gasteiger partial charge in [0.2, 0.25) is 16.4 Å². The normalized spacial score (nSPS) is 11.6. The van der Waals surface area contributed by atoms with Crippen LogP contribution >= 0.6 is 0 Å². The van der Waals surface area contributed by atoms with E-state index in [0.717, 1.165) is 18.5 Å². The van der Waals surface area contributed by atoms with E-state index in [1.54, 1.807) is 0 Å². The highest BCUT2D eigenvalue weighted by Crippen LogP contribution is 2.19. The highest BCUT2D eigenvalue weighted by Gasteiger charge is 2.18. The van der Waals surface area contributed by atoms with E-state index in [0.29, 0.717) is 0 Å². The third-order valence-corrected chi connectivity index (χ3v) is 3.55. The summed E-state index contributed by atoms with van der Waals surface area (Å²) in [6.07, 6.45) is 1.07. The number of aromatic nitrogens is 2. The number of anilines is 1. The average molecular weight is 272 g/mol. The predicted molar refractivity (Wildman–Crippen MR) is 59.1 cm³/mol. The fraction of sp³-hybridized carbons (Fsp3) is 0.111. The Morgan fingerprint density at radius 1 is 1.44 bits per heavy atom. The van der Waals surface area contributed by atoms with Crippen LogP contribution < -0.4 is 10.5 Å². The number of benzene rings is 1. The molecule has 0 aliphatic heterocycles. The van der Waals surface area contributed by atoms with Crippen LogP contribution in [0.1, 0.15) is 5.82 Å². The minimum Gasteiger partial charge on any atom is -0.398 e. The summed E-state index contributed by atoms with van der Waals surface area (Å²) in [6.45, 7) is -0.172. The van der Waals surface area contributed by atoms with Crippen molar-refractivity contribution in [3.8, 4) is 0 Å². The maximum absolute atomic E-state index is 13.0. The van der Waals surface area contributed by atoms with Gasteiger partial charge in [0.1, 0.15) is 10.7 Å². The number of sulfonamides is 1. The van der Waals surface area contributed by atoms with Crippen LogP contribution in [0.2, 0.25) is 0 Å². The van der Waals surface area contributed by atoms with Crippen molar-refractivity contribution in [2.75, 3.05) is 5.73 Å². The molecule has 0 spiro atoms. The van der Waals surface area contributed by atoms with Crippen LogP contribution in [0.25, 0.3) is 0 Å². The van der Waals surface area contributed by atoms with Crippen LogP contribution in [-0.4, -0.2) is 18.6 Å². The Balaban J connectivity index is 2.22. The van der Waals surface area contributed by atoms with E-state index in [-0.39, 0.29) is 23.0 Å². The molecule has 1 heterocycles. The Morgan fingerprint density at radius 2 is 2.22 bits per heavy atom. The summed E-state index contributed by atoms with van der Waals surface area (Å²) >= 11 is 0. The summed E-state index contributed by atoms with van der Waals surface area (Å²) in [5.74, 6) is -0.530. The van der Waals surface area contributed by atoms with Crippen molar-refractivity contribution in [2.45, 2.75) is 11.4 Å². The van der Waals surface area contributed by atoms with Gasteiger partial charge in [-0.1, -0.05) is 5.16 Å². The topological polar surface area (TPSA) is 111 Å². The Bertz CT molecular complexity index is 642. The molecule has 0 fully saturated rings. The Kier molecular flexibility index (Phi) is 3.26. The van der Waals surface area contributed by atoms with Gasteiger partial charge in [0, 0.05) is 0 Å². The highest BCUT2D eigenvalue weighted by atomic mass is 32.2. The third kappa shape index (κ3) is 2.63. The standard InChI is InChI=1S/C9H9FN4O3S/c10-6-1-2-7(11)8(3-6)18(15,16)13-4-9-12-5-17-14-9/h1-3,5,13H,4,11H2. The lowest BCUT2D eigenvalue weighted by Gasteiger charge is -2.07. The van der Waals surface area contributed by atoms with E-state index in [2.05, 4.69) is 19.4 Å². The van der Waals surface area contributed by atoms with E-state index in [1.807, 2.05) is 0 Å². The van der Waals surface area contributed by atoms with Gasteiger partial charge in [0.05, 0.1) is 12.2 Å². The molecule has 0 saturated carbocycles. The lowest BCUT2D eigenvalue weighted by Crippen LogP contribution is -2.24. The SMILES string of the molecule is Nc1ccc(F)cc1S(=O)(=O)NCc1ncon1. The summed E-state index contributed by atoms with van der Waals surface area (Å²) in [4.78, 5) is 3.32. The fourth-order valence-corrected chi connectivity index (χ4v) is 2.37. The number of hydrogen-bond donors (Lipinski definition) is 2. The molecule has 0 saturated heterocycles. The molecule has 0 aliphatic rings. The molecule has 2 aromatic rings. The molecule has 1 aromatic heterocycles. The molecule has 18 heavy (non-hydrogen) atoms. The second-order valence-corrected chi connectivity index (χ2v) is 5.09. The molecule has 0 unspecified atom stereocenters. The molecule has 96 valence electrons. The van der Waals surface area contributed by atoms with Crippen molar-refractivity contribution < 1.29 is 17.3 Å². The average Bonchev–Trinajstić information content (AvgIpc) is 2.83. The minimum absolute atomic E-state index is 0.0444. The van der Waals surface area contributed by atoms with Crippen LogP contribution in [0.3, 0.4) is 0 Å². The molecular formula is C9H9FN4O3S. The van der Waals surface area contributed by atoms with Gasteiger partial charge in [-0.05, 0) is 18.2 Å². The van der Waals surface area contributed by atoms with Crippen LogP contribution in [0.5, 0.6) is 0 Å². The predicted octanol–water partition coefficient (Wildman–Crippen LogP) is 0.269. The first-order valence-corrected chi connectivity index (χ1v) is 6.27. The van der Waals surface area contributed by atoms with E-state index < -0.39 is 15.8 Å². The molecule has 2 rings (SSSR count). The zero-order valence-corrected chi connectivity index (χ0v) is 9.82. The molecule has 7 nitrogen and oxygen atoms in total. The highest BCUT2D eigenvalue weighted by molar-refractivity contribution is 7.89. The van der Waals surface area contributed by atoms with Crippen LogP contribution in [0.4, 0.5) is 10.1 Å². The summed E-state index contributed by atoms with van der Waals surface area (Å²) in [6, 6.07) is 3.10. The minimum atomic E-state index is -3.93. The molecule has 9 heteroatoms.